The summed E-state index contributed by atoms with van der Waals surface area (Å²) in [6.07, 6.45) is 0.236. The summed E-state index contributed by atoms with van der Waals surface area (Å²) in [5, 5.41) is 8.53. The van der Waals surface area contributed by atoms with E-state index in [1.165, 1.54) is 23.1 Å². The minimum absolute atomic E-state index is 0.0297. The van der Waals surface area contributed by atoms with E-state index in [2.05, 4.69) is 5.43 Å². The topological polar surface area (TPSA) is 82.2 Å². The van der Waals surface area contributed by atoms with E-state index in [1.807, 2.05) is 6.07 Å². The van der Waals surface area contributed by atoms with Gasteiger partial charge < -0.3 is 10.3 Å². The minimum Gasteiger partial charge on any atom is -0.338 e. The Morgan fingerprint density at radius 2 is 2.33 bits per heavy atom. The van der Waals surface area contributed by atoms with Crippen molar-refractivity contribution in [1.82, 2.24) is 4.90 Å². The second-order valence-corrected chi connectivity index (χ2v) is 3.60. The molecule has 0 fully saturated rings. The van der Waals surface area contributed by atoms with Gasteiger partial charge in [0.2, 0.25) is 0 Å². The highest BCUT2D eigenvalue weighted by atomic mass is 19.1. The van der Waals surface area contributed by atoms with Crippen molar-refractivity contribution >= 4 is 11.6 Å². The maximum atomic E-state index is 13.5. The van der Waals surface area contributed by atoms with Gasteiger partial charge in [0.15, 0.2) is 0 Å². The molecule has 18 heavy (non-hydrogen) atoms. The average molecular weight is 250 g/mol. The summed E-state index contributed by atoms with van der Waals surface area (Å²) in [5.74, 6) is 4.29. The molecule has 1 aromatic rings. The third-order valence-electron chi connectivity index (χ3n) is 2.55. The van der Waals surface area contributed by atoms with Crippen LogP contribution in [0, 0.1) is 17.1 Å². The molecular formula is C12H15FN4O. The summed E-state index contributed by atoms with van der Waals surface area (Å²) in [4.78, 5) is 13.6. The van der Waals surface area contributed by atoms with E-state index in [0.29, 0.717) is 13.1 Å². The Kier molecular flexibility index (Phi) is 5.08. The zero-order valence-corrected chi connectivity index (χ0v) is 10.1. The Bertz CT molecular complexity index is 470. The van der Waals surface area contributed by atoms with Gasteiger partial charge in [0, 0.05) is 13.1 Å². The Balaban J connectivity index is 3.02. The third kappa shape index (κ3) is 2.96. The number of hydrogen-bond acceptors (Lipinski definition) is 4. The van der Waals surface area contributed by atoms with Crippen LogP contribution in [0.5, 0.6) is 0 Å². The summed E-state index contributed by atoms with van der Waals surface area (Å²) in [5.41, 5.74) is 2.33. The van der Waals surface area contributed by atoms with E-state index in [4.69, 9.17) is 11.1 Å². The van der Waals surface area contributed by atoms with E-state index >= 15 is 0 Å². The van der Waals surface area contributed by atoms with Gasteiger partial charge in [-0.05, 0) is 19.1 Å². The maximum absolute atomic E-state index is 13.5. The van der Waals surface area contributed by atoms with Gasteiger partial charge >= 0.3 is 0 Å². The number of hydrazine groups is 1. The van der Waals surface area contributed by atoms with Gasteiger partial charge in [-0.1, -0.05) is 6.07 Å². The van der Waals surface area contributed by atoms with Gasteiger partial charge in [-0.3, -0.25) is 10.6 Å². The number of para-hydroxylation sites is 1. The lowest BCUT2D eigenvalue weighted by Gasteiger charge is -2.21. The first-order valence-corrected chi connectivity index (χ1v) is 5.57. The van der Waals surface area contributed by atoms with E-state index in [1.54, 1.807) is 6.92 Å². The number of amides is 1. The summed E-state index contributed by atoms with van der Waals surface area (Å²) < 4.78 is 13.5. The van der Waals surface area contributed by atoms with Gasteiger partial charge in [-0.15, -0.1) is 0 Å². The lowest BCUT2D eigenvalue weighted by atomic mass is 10.1. The molecule has 6 heteroatoms. The predicted molar refractivity (Wildman–Crippen MR) is 66.0 cm³/mol. The highest BCUT2D eigenvalue weighted by molar-refractivity contribution is 5.99. The van der Waals surface area contributed by atoms with Crippen molar-refractivity contribution in [2.45, 2.75) is 13.3 Å². The van der Waals surface area contributed by atoms with E-state index < -0.39 is 5.82 Å². The molecule has 0 saturated heterocycles. The molecule has 0 aliphatic heterocycles. The molecular weight excluding hydrogens is 235 g/mol. The number of benzene rings is 1. The molecule has 0 heterocycles. The zero-order valence-electron chi connectivity index (χ0n) is 10.1. The van der Waals surface area contributed by atoms with Crippen molar-refractivity contribution in [3.63, 3.8) is 0 Å². The number of hydrogen-bond donors (Lipinski definition) is 2. The van der Waals surface area contributed by atoms with Gasteiger partial charge in [-0.25, -0.2) is 4.39 Å². The number of nitriles is 1. The minimum atomic E-state index is -0.584. The first kappa shape index (κ1) is 13.9. The number of anilines is 1. The third-order valence-corrected chi connectivity index (χ3v) is 2.55. The summed E-state index contributed by atoms with van der Waals surface area (Å²) >= 11 is 0. The first-order chi connectivity index (χ1) is 8.65. The van der Waals surface area contributed by atoms with Crippen molar-refractivity contribution in [3.8, 4) is 6.07 Å². The first-order valence-electron chi connectivity index (χ1n) is 5.57. The number of nitrogens with one attached hydrogen (secondary N) is 1. The van der Waals surface area contributed by atoms with E-state index in [-0.39, 0.29) is 23.6 Å². The zero-order chi connectivity index (χ0) is 13.5. The van der Waals surface area contributed by atoms with Gasteiger partial charge in [0.1, 0.15) is 5.82 Å². The number of nitrogen functional groups attached to an aromatic ring is 1. The van der Waals surface area contributed by atoms with Crippen molar-refractivity contribution < 1.29 is 9.18 Å². The molecule has 0 spiro atoms. The summed E-state index contributed by atoms with van der Waals surface area (Å²) in [6, 6.07) is 6.13. The van der Waals surface area contributed by atoms with Crippen LogP contribution in [-0.2, 0) is 0 Å². The van der Waals surface area contributed by atoms with E-state index in [0.717, 1.165) is 0 Å². The molecule has 0 aliphatic rings. The monoisotopic (exact) mass is 250 g/mol. The van der Waals surface area contributed by atoms with Crippen LogP contribution in [0.3, 0.4) is 0 Å². The Morgan fingerprint density at radius 1 is 1.61 bits per heavy atom. The van der Waals surface area contributed by atoms with Crippen molar-refractivity contribution in [2.75, 3.05) is 18.5 Å². The van der Waals surface area contributed by atoms with Gasteiger partial charge in [-0.2, -0.15) is 5.26 Å². The maximum Gasteiger partial charge on any atom is 0.256 e. The summed E-state index contributed by atoms with van der Waals surface area (Å²) in [6.45, 7) is 2.55. The lowest BCUT2D eigenvalue weighted by molar-refractivity contribution is 0.0768. The molecule has 5 nitrogen and oxygen atoms in total. The highest BCUT2D eigenvalue weighted by Crippen LogP contribution is 2.20. The number of nitrogens with two attached hydrogens (primary N) is 1. The Labute approximate surface area is 105 Å². The number of rotatable bonds is 5. The fourth-order valence-corrected chi connectivity index (χ4v) is 1.61. The molecule has 96 valence electrons. The van der Waals surface area contributed by atoms with Gasteiger partial charge in [0.05, 0.1) is 23.7 Å². The number of halogens is 1. The second kappa shape index (κ2) is 6.57. The second-order valence-electron chi connectivity index (χ2n) is 3.60. The molecule has 0 atom stereocenters. The number of nitrogens with zero attached hydrogens (tertiary/aromatic N) is 2. The Hall–Kier alpha value is -2.13. The van der Waals surface area contributed by atoms with Crippen LogP contribution in [0.15, 0.2) is 18.2 Å². The van der Waals surface area contributed by atoms with Crippen LogP contribution in [0.2, 0.25) is 0 Å². The molecule has 0 radical (unpaired) electrons. The van der Waals surface area contributed by atoms with Crippen LogP contribution >= 0.6 is 0 Å². The van der Waals surface area contributed by atoms with Crippen molar-refractivity contribution in [1.29, 1.82) is 5.26 Å². The predicted octanol–water partition coefficient (Wildman–Crippen LogP) is 1.49. The molecule has 0 unspecified atom stereocenters. The number of carbonyl (C=O) groups is 1. The molecule has 0 aliphatic carbocycles. The van der Waals surface area contributed by atoms with Crippen LogP contribution in [0.4, 0.5) is 10.1 Å². The quantitative estimate of drug-likeness (QED) is 0.612. The van der Waals surface area contributed by atoms with Crippen LogP contribution in [-0.4, -0.2) is 23.9 Å². The molecule has 0 saturated carbocycles. The fraction of sp³-hybridized carbons (Fsp3) is 0.333. The Morgan fingerprint density at radius 3 is 2.89 bits per heavy atom. The van der Waals surface area contributed by atoms with E-state index in [9.17, 15) is 9.18 Å². The van der Waals surface area contributed by atoms with Crippen LogP contribution in [0.25, 0.3) is 0 Å². The van der Waals surface area contributed by atoms with Crippen LogP contribution < -0.4 is 11.3 Å². The molecule has 1 amide bonds. The number of carbonyl (C=O) groups excluding carboxylic acids is 1. The SMILES string of the molecule is CCN(CCC#N)C(=O)c1cccc(F)c1NN. The average Bonchev–Trinajstić information content (AvgIpc) is 2.39. The van der Waals surface area contributed by atoms with Crippen molar-refractivity contribution in [3.05, 3.63) is 29.6 Å². The lowest BCUT2D eigenvalue weighted by Crippen LogP contribution is -2.32. The standard InChI is InChI=1S/C12H15FN4O/c1-2-17(8-4-7-14)12(18)9-5-3-6-10(13)11(9)16-15/h3,5-6,16H,2,4,8,15H2,1H3. The van der Waals surface area contributed by atoms with Gasteiger partial charge in [0.25, 0.3) is 5.91 Å². The van der Waals surface area contributed by atoms with Crippen LogP contribution in [0.1, 0.15) is 23.7 Å². The summed E-state index contributed by atoms with van der Waals surface area (Å²) in [7, 11) is 0. The largest absolute Gasteiger partial charge is 0.338 e. The molecule has 0 bridgehead atoms. The molecule has 1 aromatic carbocycles. The normalized spacial score (nSPS) is 9.67. The fourth-order valence-electron chi connectivity index (χ4n) is 1.61. The smallest absolute Gasteiger partial charge is 0.256 e. The molecule has 1 rings (SSSR count). The molecule has 3 N–H and O–H groups in total. The van der Waals surface area contributed by atoms with Crippen molar-refractivity contribution in [2.24, 2.45) is 5.84 Å². The highest BCUT2D eigenvalue weighted by Gasteiger charge is 2.19. The molecule has 0 aromatic heterocycles.